The van der Waals surface area contributed by atoms with Crippen molar-refractivity contribution in [1.29, 1.82) is 0 Å². The van der Waals surface area contributed by atoms with Crippen LogP contribution < -0.4 is 4.74 Å². The maximum Gasteiger partial charge on any atom is 0.254 e. The van der Waals surface area contributed by atoms with Crippen LogP contribution in [0.3, 0.4) is 0 Å². The molecule has 1 unspecified atom stereocenters. The molecule has 1 aliphatic heterocycles. The van der Waals surface area contributed by atoms with Crippen LogP contribution in [0.4, 0.5) is 0 Å². The van der Waals surface area contributed by atoms with Gasteiger partial charge in [-0.25, -0.2) is 4.98 Å². The second kappa shape index (κ2) is 7.99. The second-order valence-electron chi connectivity index (χ2n) is 8.93. The number of benzene rings is 2. The third-order valence-electron chi connectivity index (χ3n) is 6.93. The van der Waals surface area contributed by atoms with Crippen LogP contribution in [0.2, 0.25) is 0 Å². The van der Waals surface area contributed by atoms with Gasteiger partial charge in [-0.15, -0.1) is 5.10 Å². The average molecular weight is 440 g/mol. The van der Waals surface area contributed by atoms with Gasteiger partial charge in [0.05, 0.1) is 23.1 Å². The first kappa shape index (κ1) is 19.9. The quantitative estimate of drug-likeness (QED) is 0.496. The lowest BCUT2D eigenvalue weighted by molar-refractivity contribution is 0.0544. The highest BCUT2D eigenvalue weighted by Gasteiger charge is 2.40. The largest absolute Gasteiger partial charge is 0.437 e. The van der Waals surface area contributed by atoms with Gasteiger partial charge in [-0.05, 0) is 68.5 Å². The first-order valence-corrected chi connectivity index (χ1v) is 11.5. The van der Waals surface area contributed by atoms with E-state index in [-0.39, 0.29) is 17.9 Å². The maximum absolute atomic E-state index is 13.6. The topological polar surface area (TPSA) is 84.0 Å². The number of nitrogens with one attached hydrogen (secondary N) is 1. The molecule has 1 N–H and O–H groups in total. The summed E-state index contributed by atoms with van der Waals surface area (Å²) in [6, 6.07) is 15.9. The molecule has 3 heterocycles. The van der Waals surface area contributed by atoms with Crippen molar-refractivity contribution in [2.75, 3.05) is 6.54 Å². The zero-order chi connectivity index (χ0) is 22.4. The van der Waals surface area contributed by atoms with Gasteiger partial charge >= 0.3 is 0 Å². The number of likely N-dealkylation sites (tertiary alicyclic amines) is 1. The zero-order valence-corrected chi connectivity index (χ0v) is 18.5. The monoisotopic (exact) mass is 439 g/mol. The van der Waals surface area contributed by atoms with Crippen molar-refractivity contribution in [3.63, 3.8) is 0 Å². The van der Waals surface area contributed by atoms with E-state index in [1.807, 2.05) is 49.4 Å². The summed E-state index contributed by atoms with van der Waals surface area (Å²) in [6.07, 6.45) is 5.56. The molecule has 2 aliphatic rings. The summed E-state index contributed by atoms with van der Waals surface area (Å²) in [5.74, 6) is 1.66. The second-order valence-corrected chi connectivity index (χ2v) is 8.93. The Morgan fingerprint density at radius 2 is 2.06 bits per heavy atom. The van der Waals surface area contributed by atoms with Crippen molar-refractivity contribution in [1.82, 2.24) is 25.1 Å². The van der Waals surface area contributed by atoms with Crippen LogP contribution in [-0.4, -0.2) is 43.6 Å². The first-order chi connectivity index (χ1) is 16.2. The molecule has 2 atom stereocenters. The Labute approximate surface area is 191 Å². The Hall–Kier alpha value is -3.74. The van der Waals surface area contributed by atoms with Crippen molar-refractivity contribution >= 4 is 16.9 Å². The summed E-state index contributed by atoms with van der Waals surface area (Å²) in [7, 11) is 0. The van der Waals surface area contributed by atoms with Gasteiger partial charge in [0.1, 0.15) is 5.75 Å². The van der Waals surface area contributed by atoms with E-state index in [2.05, 4.69) is 31.1 Å². The molecule has 166 valence electrons. The van der Waals surface area contributed by atoms with Gasteiger partial charge in [-0.2, -0.15) is 5.10 Å². The molecule has 4 aromatic rings. The van der Waals surface area contributed by atoms with Gasteiger partial charge in [0, 0.05) is 35.7 Å². The van der Waals surface area contributed by atoms with Gasteiger partial charge in [0.2, 0.25) is 5.88 Å². The molecule has 2 aromatic heterocycles. The Morgan fingerprint density at radius 1 is 1.12 bits per heavy atom. The van der Waals surface area contributed by atoms with Crippen molar-refractivity contribution in [2.24, 2.45) is 0 Å². The van der Waals surface area contributed by atoms with Crippen LogP contribution in [0, 0.1) is 6.92 Å². The average Bonchev–Trinajstić information content (AvgIpc) is 3.32. The third-order valence-corrected chi connectivity index (χ3v) is 6.93. The van der Waals surface area contributed by atoms with E-state index >= 15 is 0 Å². The highest BCUT2D eigenvalue weighted by Crippen LogP contribution is 2.45. The number of ether oxygens (including phenoxy) is 1. The number of fused-ring (bicyclic) bond motifs is 4. The minimum Gasteiger partial charge on any atom is -0.437 e. The molecule has 7 heteroatoms. The summed E-state index contributed by atoms with van der Waals surface area (Å²) in [5.41, 5.74) is 5.85. The fourth-order valence-electron chi connectivity index (χ4n) is 5.41. The molecule has 1 fully saturated rings. The number of hydrogen-bond acceptors (Lipinski definition) is 5. The number of imidazole rings is 1. The smallest absolute Gasteiger partial charge is 0.254 e. The molecule has 0 saturated carbocycles. The minimum absolute atomic E-state index is 0.0902. The van der Waals surface area contributed by atoms with Crippen LogP contribution >= 0.6 is 0 Å². The molecule has 0 bridgehead atoms. The molecular formula is C26H25N5O2. The zero-order valence-electron chi connectivity index (χ0n) is 18.5. The Kier molecular flexibility index (Phi) is 4.82. The fraction of sp³-hybridized carbons (Fsp3) is 0.308. The number of rotatable bonds is 3. The predicted octanol–water partition coefficient (Wildman–Crippen LogP) is 4.79. The number of carbonyl (C=O) groups is 1. The molecule has 7 nitrogen and oxygen atoms in total. The minimum atomic E-state index is 0.0902. The third kappa shape index (κ3) is 3.53. The number of aromatic nitrogens is 4. The number of carbonyl (C=O) groups excluding carboxylic acids is 1. The normalized spacial score (nSPS) is 19.7. The van der Waals surface area contributed by atoms with E-state index in [1.54, 1.807) is 6.33 Å². The van der Waals surface area contributed by atoms with Crippen LogP contribution in [-0.2, 0) is 6.42 Å². The van der Waals surface area contributed by atoms with Crippen LogP contribution in [0.1, 0.15) is 52.4 Å². The number of aryl methyl sites for hydroxylation is 2. The van der Waals surface area contributed by atoms with Crippen LogP contribution in [0.25, 0.3) is 11.0 Å². The highest BCUT2D eigenvalue weighted by molar-refractivity contribution is 5.97. The molecule has 1 amide bonds. The number of hydrogen-bond donors (Lipinski definition) is 1. The molecule has 1 aliphatic carbocycles. The van der Waals surface area contributed by atoms with E-state index in [4.69, 9.17) is 4.74 Å². The van der Waals surface area contributed by atoms with Crippen LogP contribution in [0.15, 0.2) is 54.9 Å². The maximum atomic E-state index is 13.6. The molecule has 0 radical (unpaired) electrons. The Morgan fingerprint density at radius 3 is 2.94 bits per heavy atom. The van der Waals surface area contributed by atoms with Gasteiger partial charge < -0.3 is 14.6 Å². The molecule has 1 saturated heterocycles. The summed E-state index contributed by atoms with van der Waals surface area (Å²) < 4.78 is 6.21. The van der Waals surface area contributed by atoms with Crippen molar-refractivity contribution < 1.29 is 9.53 Å². The Bertz CT molecular complexity index is 1330. The molecule has 33 heavy (non-hydrogen) atoms. The van der Waals surface area contributed by atoms with E-state index in [1.165, 1.54) is 11.1 Å². The lowest BCUT2D eigenvalue weighted by atomic mass is 9.73. The van der Waals surface area contributed by atoms with E-state index < -0.39 is 0 Å². The summed E-state index contributed by atoms with van der Waals surface area (Å²) >= 11 is 0. The number of nitrogens with zero attached hydrogens (tertiary/aromatic N) is 4. The van der Waals surface area contributed by atoms with Crippen molar-refractivity contribution in [3.8, 4) is 11.6 Å². The van der Waals surface area contributed by atoms with Gasteiger partial charge in [-0.3, -0.25) is 4.79 Å². The standard InChI is InChI=1S/C26H25N5O2/c1-16-7-12-24(30-29-16)33-23-6-2-4-17-9-11-22-19(25(17)23)5-3-13-31(22)26(32)18-8-10-20-21(14-18)28-15-27-20/h2,4,6-8,10,12,14-15,19,22H,3,5,9,11,13H2,1H3,(H,27,28)/t19-,22?/m0/s1. The molecule has 2 aromatic carbocycles. The van der Waals surface area contributed by atoms with Crippen LogP contribution in [0.5, 0.6) is 11.6 Å². The van der Waals surface area contributed by atoms with Gasteiger partial charge in [0.25, 0.3) is 5.91 Å². The van der Waals surface area contributed by atoms with Crippen molar-refractivity contribution in [3.05, 3.63) is 77.2 Å². The van der Waals surface area contributed by atoms with Gasteiger partial charge in [-0.1, -0.05) is 12.1 Å². The number of aromatic amines is 1. The number of H-pyrrole nitrogens is 1. The highest BCUT2D eigenvalue weighted by atomic mass is 16.5. The SMILES string of the molecule is Cc1ccc(Oc2cccc3c2[C@H]2CCCN(C(=O)c4ccc5nc[nH]c5c4)C2CC3)nn1. The summed E-state index contributed by atoms with van der Waals surface area (Å²) in [4.78, 5) is 23.0. The van der Waals surface area contributed by atoms with E-state index in [0.717, 1.165) is 54.7 Å². The lowest BCUT2D eigenvalue weighted by Gasteiger charge is -2.45. The van der Waals surface area contributed by atoms with Crippen molar-refractivity contribution in [2.45, 2.75) is 44.6 Å². The van der Waals surface area contributed by atoms with E-state index in [9.17, 15) is 4.79 Å². The summed E-state index contributed by atoms with van der Waals surface area (Å²) in [6.45, 7) is 2.69. The predicted molar refractivity (Wildman–Crippen MR) is 124 cm³/mol. The number of amides is 1. The van der Waals surface area contributed by atoms with E-state index in [0.29, 0.717) is 11.4 Å². The fourth-order valence-corrected chi connectivity index (χ4v) is 5.41. The van der Waals surface area contributed by atoms with Gasteiger partial charge in [0.15, 0.2) is 0 Å². The molecule has 0 spiro atoms. The molecular weight excluding hydrogens is 414 g/mol. The number of piperidine rings is 1. The summed E-state index contributed by atoms with van der Waals surface area (Å²) in [5, 5.41) is 8.31. The first-order valence-electron chi connectivity index (χ1n) is 11.5. The molecule has 6 rings (SSSR count). The lowest BCUT2D eigenvalue weighted by Crippen LogP contribution is -2.49. The Balaban J connectivity index is 1.32.